The fourth-order valence-electron chi connectivity index (χ4n) is 3.25. The number of aryl methyl sites for hydroxylation is 1. The Balaban J connectivity index is 1.83. The third-order valence-electron chi connectivity index (χ3n) is 4.50. The number of amides is 1. The van der Waals surface area contributed by atoms with Crippen LogP contribution in [0.4, 0.5) is 0 Å². The molecular formula is C19H16N4O2. The lowest BCUT2D eigenvalue weighted by molar-refractivity contribution is -0.129. The fourth-order valence-corrected chi connectivity index (χ4v) is 3.25. The number of benzene rings is 1. The van der Waals surface area contributed by atoms with Crippen LogP contribution < -0.4 is 0 Å². The van der Waals surface area contributed by atoms with Gasteiger partial charge in [-0.15, -0.1) is 0 Å². The number of nitrogens with zero attached hydrogens (tertiary/aromatic N) is 4. The summed E-state index contributed by atoms with van der Waals surface area (Å²) in [7, 11) is 3.46. The van der Waals surface area contributed by atoms with Crippen LogP contribution in [0, 0.1) is 5.92 Å². The number of hydrazone groups is 1. The Labute approximate surface area is 144 Å². The highest BCUT2D eigenvalue weighted by Gasteiger charge is 2.41. The van der Waals surface area contributed by atoms with E-state index < -0.39 is 5.92 Å². The van der Waals surface area contributed by atoms with Gasteiger partial charge in [-0.2, -0.15) is 5.10 Å². The number of hydrogen-bond donors (Lipinski definition) is 0. The Kier molecular flexibility index (Phi) is 3.46. The van der Waals surface area contributed by atoms with Crippen molar-refractivity contribution in [1.82, 2.24) is 14.6 Å². The molecule has 1 atom stereocenters. The zero-order valence-electron chi connectivity index (χ0n) is 13.9. The van der Waals surface area contributed by atoms with Crippen molar-refractivity contribution in [1.29, 1.82) is 0 Å². The van der Waals surface area contributed by atoms with E-state index in [1.807, 2.05) is 35.9 Å². The van der Waals surface area contributed by atoms with E-state index in [0.717, 1.165) is 16.5 Å². The van der Waals surface area contributed by atoms with Crippen LogP contribution in [0.15, 0.2) is 60.1 Å². The minimum absolute atomic E-state index is 0.235. The molecule has 0 bridgehead atoms. The summed E-state index contributed by atoms with van der Waals surface area (Å²) in [4.78, 5) is 29.9. The third-order valence-corrected chi connectivity index (χ3v) is 4.50. The Morgan fingerprint density at radius 3 is 2.56 bits per heavy atom. The Morgan fingerprint density at radius 2 is 1.80 bits per heavy atom. The molecule has 1 aliphatic rings. The molecule has 6 heteroatoms. The van der Waals surface area contributed by atoms with Crippen molar-refractivity contribution in [3.8, 4) is 0 Å². The second-order valence-corrected chi connectivity index (χ2v) is 6.05. The highest BCUT2D eigenvalue weighted by atomic mass is 16.2. The number of fused-ring (bicyclic) bond motifs is 1. The van der Waals surface area contributed by atoms with Crippen LogP contribution in [0.5, 0.6) is 0 Å². The smallest absolute Gasteiger partial charge is 0.259 e. The molecule has 0 spiro atoms. The SMILES string of the molecule is CN1N=C(c2ccncc2)[C@H](C(=O)c2cn(C)c3ccccc23)C1=O. The first-order chi connectivity index (χ1) is 12.1. The number of aromatic nitrogens is 2. The molecule has 6 nitrogen and oxygen atoms in total. The van der Waals surface area contributed by atoms with E-state index in [9.17, 15) is 9.59 Å². The van der Waals surface area contributed by atoms with E-state index in [0.29, 0.717) is 11.3 Å². The van der Waals surface area contributed by atoms with Crippen molar-refractivity contribution < 1.29 is 9.59 Å². The van der Waals surface area contributed by atoms with Gasteiger partial charge >= 0.3 is 0 Å². The van der Waals surface area contributed by atoms with Gasteiger partial charge in [0.1, 0.15) is 5.92 Å². The average Bonchev–Trinajstić information content (AvgIpc) is 3.13. The van der Waals surface area contributed by atoms with Crippen molar-refractivity contribution in [2.75, 3.05) is 7.05 Å². The van der Waals surface area contributed by atoms with Crippen LogP contribution in [-0.2, 0) is 11.8 Å². The van der Waals surface area contributed by atoms with Crippen molar-refractivity contribution in [2.45, 2.75) is 0 Å². The first kappa shape index (κ1) is 15.3. The molecule has 4 rings (SSSR count). The van der Waals surface area contributed by atoms with Crippen LogP contribution in [0.1, 0.15) is 15.9 Å². The molecule has 3 aromatic rings. The van der Waals surface area contributed by atoms with Gasteiger partial charge < -0.3 is 4.57 Å². The van der Waals surface area contributed by atoms with Crippen molar-refractivity contribution in [2.24, 2.45) is 18.1 Å². The maximum atomic E-state index is 13.3. The molecule has 2 aromatic heterocycles. The lowest BCUT2D eigenvalue weighted by atomic mass is 9.89. The van der Waals surface area contributed by atoms with E-state index in [4.69, 9.17) is 0 Å². The molecule has 124 valence electrons. The Hall–Kier alpha value is -3.28. The van der Waals surface area contributed by atoms with E-state index >= 15 is 0 Å². The highest BCUT2D eigenvalue weighted by molar-refractivity contribution is 6.32. The van der Waals surface area contributed by atoms with Gasteiger partial charge in [-0.25, -0.2) is 5.01 Å². The lowest BCUT2D eigenvalue weighted by Gasteiger charge is -2.10. The first-order valence-electron chi connectivity index (χ1n) is 7.92. The first-order valence-corrected chi connectivity index (χ1v) is 7.92. The summed E-state index contributed by atoms with van der Waals surface area (Å²) in [5, 5.41) is 6.38. The number of carbonyl (C=O) groups is 2. The van der Waals surface area contributed by atoms with Gasteiger partial charge in [0.25, 0.3) is 5.91 Å². The molecule has 0 unspecified atom stereocenters. The van der Waals surface area contributed by atoms with E-state index in [-0.39, 0.29) is 11.7 Å². The minimum atomic E-state index is -0.932. The van der Waals surface area contributed by atoms with Gasteiger partial charge in [0.2, 0.25) is 0 Å². The third kappa shape index (κ3) is 2.34. The summed E-state index contributed by atoms with van der Waals surface area (Å²) >= 11 is 0. The van der Waals surface area contributed by atoms with Gasteiger partial charge in [-0.1, -0.05) is 18.2 Å². The zero-order valence-corrected chi connectivity index (χ0v) is 13.9. The minimum Gasteiger partial charge on any atom is -0.350 e. The summed E-state index contributed by atoms with van der Waals surface area (Å²) < 4.78 is 1.90. The quantitative estimate of drug-likeness (QED) is 0.546. The standard InChI is InChI=1S/C19H16N4O2/c1-22-11-14(13-5-3-4-6-15(13)22)18(24)16-17(21-23(2)19(16)25)12-7-9-20-10-8-12/h3-11,16H,1-2H3/t16-/m1/s1. The van der Waals surface area contributed by atoms with Crippen molar-refractivity contribution in [3.05, 3.63) is 66.1 Å². The zero-order chi connectivity index (χ0) is 17.6. The van der Waals surface area contributed by atoms with Crippen LogP contribution >= 0.6 is 0 Å². The predicted octanol–water partition coefficient (Wildman–Crippen LogP) is 2.25. The number of ketones is 1. The molecule has 1 aliphatic heterocycles. The lowest BCUT2D eigenvalue weighted by Crippen LogP contribution is -2.32. The second kappa shape index (κ2) is 5.66. The van der Waals surface area contributed by atoms with Crippen LogP contribution in [0.3, 0.4) is 0 Å². The number of Topliss-reactive ketones (excluding diaryl/α,β-unsaturated/α-hetero) is 1. The Morgan fingerprint density at radius 1 is 1.08 bits per heavy atom. The van der Waals surface area contributed by atoms with Gasteiger partial charge in [-0.05, 0) is 18.2 Å². The second-order valence-electron chi connectivity index (χ2n) is 6.05. The largest absolute Gasteiger partial charge is 0.350 e. The molecule has 0 saturated heterocycles. The molecule has 0 fully saturated rings. The summed E-state index contributed by atoms with van der Waals surface area (Å²) in [6.07, 6.45) is 5.03. The molecule has 0 radical (unpaired) electrons. The summed E-state index contributed by atoms with van der Waals surface area (Å²) in [6, 6.07) is 11.2. The fraction of sp³-hybridized carbons (Fsp3) is 0.158. The molecular weight excluding hydrogens is 316 g/mol. The van der Waals surface area contributed by atoms with Gasteiger partial charge in [0.15, 0.2) is 5.78 Å². The van der Waals surface area contributed by atoms with Crippen molar-refractivity contribution >= 4 is 28.3 Å². The molecule has 0 saturated carbocycles. The van der Waals surface area contributed by atoms with Crippen molar-refractivity contribution in [3.63, 3.8) is 0 Å². The van der Waals surface area contributed by atoms with Crippen LogP contribution in [0.2, 0.25) is 0 Å². The summed E-state index contributed by atoms with van der Waals surface area (Å²) in [5.74, 6) is -1.48. The number of pyridine rings is 1. The molecule has 1 aromatic carbocycles. The summed E-state index contributed by atoms with van der Waals surface area (Å²) in [6.45, 7) is 0. The van der Waals surface area contributed by atoms with Gasteiger partial charge in [0.05, 0.1) is 5.71 Å². The topological polar surface area (TPSA) is 67.6 Å². The van der Waals surface area contributed by atoms with Gasteiger partial charge in [-0.3, -0.25) is 14.6 Å². The number of para-hydroxylation sites is 1. The maximum absolute atomic E-state index is 13.3. The van der Waals surface area contributed by atoms with E-state index in [1.165, 1.54) is 5.01 Å². The Bertz CT molecular complexity index is 1020. The molecule has 1 amide bonds. The van der Waals surface area contributed by atoms with Crippen LogP contribution in [-0.4, -0.2) is 39.0 Å². The van der Waals surface area contributed by atoms with E-state index in [1.54, 1.807) is 37.8 Å². The summed E-state index contributed by atoms with van der Waals surface area (Å²) in [5.41, 5.74) is 2.68. The monoisotopic (exact) mass is 332 g/mol. The maximum Gasteiger partial charge on any atom is 0.259 e. The molecule has 0 N–H and O–H groups in total. The number of hydrogen-bond acceptors (Lipinski definition) is 4. The predicted molar refractivity (Wildman–Crippen MR) is 94.3 cm³/mol. The highest BCUT2D eigenvalue weighted by Crippen LogP contribution is 2.28. The number of rotatable bonds is 3. The van der Waals surface area contributed by atoms with Gasteiger partial charge in [0, 0.05) is 54.7 Å². The normalized spacial score (nSPS) is 17.2. The molecule has 25 heavy (non-hydrogen) atoms. The number of carbonyl (C=O) groups excluding carboxylic acids is 2. The molecule has 0 aliphatic carbocycles. The molecule has 3 heterocycles. The van der Waals surface area contributed by atoms with Crippen LogP contribution in [0.25, 0.3) is 10.9 Å². The average molecular weight is 332 g/mol. The van der Waals surface area contributed by atoms with E-state index in [2.05, 4.69) is 10.1 Å².